The molecule has 0 radical (unpaired) electrons. The number of hydrogen-bond donors (Lipinski definition) is 5. The van der Waals surface area contributed by atoms with Gasteiger partial charge >= 0.3 is 11.9 Å². The normalized spacial score (nSPS) is 34.0. The lowest BCUT2D eigenvalue weighted by molar-refractivity contribution is -0.372. The molecule has 0 unspecified atom stereocenters. The Bertz CT molecular complexity index is 925. The maximum atomic E-state index is 12.6. The monoisotopic (exact) mass is 542 g/mol. The molecule has 9 atom stereocenters. The van der Waals surface area contributed by atoms with E-state index in [9.17, 15) is 30.0 Å². The van der Waals surface area contributed by atoms with Crippen molar-refractivity contribution in [1.29, 1.82) is 0 Å². The third kappa shape index (κ3) is 7.00. The molecule has 1 saturated heterocycles. The van der Waals surface area contributed by atoms with E-state index in [-0.39, 0.29) is 18.8 Å². The van der Waals surface area contributed by atoms with Crippen molar-refractivity contribution in [2.45, 2.75) is 76.7 Å². The summed E-state index contributed by atoms with van der Waals surface area (Å²) in [6.45, 7) is 3.68. The van der Waals surface area contributed by atoms with Crippen molar-refractivity contribution in [3.05, 3.63) is 35.1 Å². The van der Waals surface area contributed by atoms with Gasteiger partial charge in [0.05, 0.1) is 17.8 Å². The predicted octanol–water partition coefficient (Wildman–Crippen LogP) is 0.590. The standard InChI is InChI=1S/C26H38O12/c1-13(9-10-27)5-4-6-14(2)23(33)35-11-15-7-8-16-17(22(31)32)12-36-24(18(15)16)37-26-21(30)19(28)20(29)25(34-3)38-26/h6-7,12-13,16,18-21,24-30H,4-5,8-11H2,1-3H3,(H,31,32)/b14-6+/t13-,16+,18+,19+,20+,21-,24-,25+,26-/m1/s1. The lowest BCUT2D eigenvalue weighted by Gasteiger charge is -2.42. The topological polar surface area (TPSA) is 181 Å². The Kier molecular flexibility index (Phi) is 10.9. The molecule has 0 saturated carbocycles. The van der Waals surface area contributed by atoms with E-state index in [4.69, 9.17) is 28.8 Å². The molecule has 0 amide bonds. The SMILES string of the molecule is CO[C@H]1O[C@@H](O[C@H]2OC=C(C(=O)O)[C@@H]3CC=C(COC(=O)/C(C)=C/CC[C@@H](C)CCO)[C@H]23)[C@H](O)[C@@H](O)[C@@H]1O. The van der Waals surface area contributed by atoms with Crippen LogP contribution in [0.15, 0.2) is 35.1 Å². The Hall–Kier alpha value is -2.32. The van der Waals surface area contributed by atoms with Gasteiger partial charge in [0.15, 0.2) is 12.6 Å². The Morgan fingerprint density at radius 3 is 2.50 bits per heavy atom. The number of allylic oxidation sites excluding steroid dienone is 2. The number of carbonyl (C=O) groups excluding carboxylic acids is 1. The van der Waals surface area contributed by atoms with Crippen LogP contribution in [0.3, 0.4) is 0 Å². The van der Waals surface area contributed by atoms with Gasteiger partial charge in [0.2, 0.25) is 6.29 Å². The number of carbonyl (C=O) groups is 2. The summed E-state index contributed by atoms with van der Waals surface area (Å²) in [5.74, 6) is -2.57. The van der Waals surface area contributed by atoms with Crippen molar-refractivity contribution in [2.24, 2.45) is 17.8 Å². The number of aliphatic hydroxyl groups is 4. The van der Waals surface area contributed by atoms with Crippen LogP contribution in [0, 0.1) is 17.8 Å². The highest BCUT2D eigenvalue weighted by Gasteiger charge is 2.50. The predicted molar refractivity (Wildman–Crippen MR) is 130 cm³/mol. The Balaban J connectivity index is 1.68. The molecular formula is C26H38O12. The van der Waals surface area contributed by atoms with Crippen LogP contribution in [0.2, 0.25) is 0 Å². The van der Waals surface area contributed by atoms with Crippen LogP contribution < -0.4 is 0 Å². The third-order valence-corrected chi connectivity index (χ3v) is 7.21. The summed E-state index contributed by atoms with van der Waals surface area (Å²) in [5, 5.41) is 49.2. The molecule has 0 aromatic carbocycles. The lowest BCUT2D eigenvalue weighted by atomic mass is 9.83. The summed E-state index contributed by atoms with van der Waals surface area (Å²) in [5.41, 5.74) is 1.04. The van der Waals surface area contributed by atoms with E-state index in [1.807, 2.05) is 6.92 Å². The van der Waals surface area contributed by atoms with Crippen molar-refractivity contribution in [2.75, 3.05) is 20.3 Å². The maximum absolute atomic E-state index is 12.6. The zero-order chi connectivity index (χ0) is 28.0. The van der Waals surface area contributed by atoms with Crippen LogP contribution in [0.25, 0.3) is 0 Å². The number of carboxylic acid groups (broad SMARTS) is 1. The second kappa shape index (κ2) is 13.7. The zero-order valence-electron chi connectivity index (χ0n) is 21.8. The van der Waals surface area contributed by atoms with Gasteiger partial charge in [0.1, 0.15) is 24.9 Å². The summed E-state index contributed by atoms with van der Waals surface area (Å²) in [7, 11) is 1.25. The molecule has 214 valence electrons. The molecule has 0 bridgehead atoms. The highest BCUT2D eigenvalue weighted by atomic mass is 16.8. The molecule has 2 aliphatic heterocycles. The van der Waals surface area contributed by atoms with Gasteiger partial charge in [-0.15, -0.1) is 0 Å². The minimum atomic E-state index is -1.64. The first-order chi connectivity index (χ1) is 18.1. The fourth-order valence-electron chi connectivity index (χ4n) is 4.85. The number of ether oxygens (including phenoxy) is 5. The number of rotatable bonds is 12. The molecule has 5 N–H and O–H groups in total. The van der Waals surface area contributed by atoms with E-state index in [0.29, 0.717) is 36.3 Å². The zero-order valence-corrected chi connectivity index (χ0v) is 21.8. The Morgan fingerprint density at radius 1 is 1.13 bits per heavy atom. The second-order valence-corrected chi connectivity index (χ2v) is 9.90. The molecule has 0 aromatic heterocycles. The van der Waals surface area contributed by atoms with Crippen LogP contribution in [0.4, 0.5) is 0 Å². The molecule has 12 nitrogen and oxygen atoms in total. The molecular weight excluding hydrogens is 504 g/mol. The summed E-state index contributed by atoms with van der Waals surface area (Å²) >= 11 is 0. The molecule has 2 heterocycles. The molecule has 12 heteroatoms. The van der Waals surface area contributed by atoms with Crippen molar-refractivity contribution < 1.29 is 58.8 Å². The number of aliphatic hydroxyl groups excluding tert-OH is 4. The third-order valence-electron chi connectivity index (χ3n) is 7.21. The van der Waals surface area contributed by atoms with Crippen LogP contribution in [0.5, 0.6) is 0 Å². The first-order valence-electron chi connectivity index (χ1n) is 12.7. The van der Waals surface area contributed by atoms with Gasteiger partial charge in [-0.2, -0.15) is 0 Å². The minimum absolute atomic E-state index is 0.0239. The van der Waals surface area contributed by atoms with Gasteiger partial charge in [0.25, 0.3) is 0 Å². The van der Waals surface area contributed by atoms with Gasteiger partial charge in [-0.05, 0) is 44.1 Å². The summed E-state index contributed by atoms with van der Waals surface area (Å²) in [4.78, 5) is 24.4. The van der Waals surface area contributed by atoms with Crippen molar-refractivity contribution in [3.8, 4) is 0 Å². The fraction of sp³-hybridized carbons (Fsp3) is 0.692. The Labute approximate surface area is 221 Å². The summed E-state index contributed by atoms with van der Waals surface area (Å²) in [6, 6.07) is 0. The van der Waals surface area contributed by atoms with Crippen molar-refractivity contribution >= 4 is 11.9 Å². The molecule has 38 heavy (non-hydrogen) atoms. The van der Waals surface area contributed by atoms with E-state index in [2.05, 4.69) is 0 Å². The molecule has 0 aromatic rings. The summed E-state index contributed by atoms with van der Waals surface area (Å²) in [6.07, 6.45) is -1.47. The highest BCUT2D eigenvalue weighted by Crippen LogP contribution is 2.44. The quantitative estimate of drug-likeness (QED) is 0.132. The maximum Gasteiger partial charge on any atom is 0.335 e. The number of methoxy groups -OCH3 is 1. The first-order valence-corrected chi connectivity index (χ1v) is 12.7. The van der Waals surface area contributed by atoms with Crippen molar-refractivity contribution in [1.82, 2.24) is 0 Å². The molecule has 3 aliphatic rings. The van der Waals surface area contributed by atoms with Gasteiger partial charge in [-0.25, -0.2) is 9.59 Å². The highest BCUT2D eigenvalue weighted by molar-refractivity contribution is 5.88. The van der Waals surface area contributed by atoms with E-state index in [0.717, 1.165) is 12.7 Å². The van der Waals surface area contributed by atoms with Gasteiger partial charge < -0.3 is 49.2 Å². The van der Waals surface area contributed by atoms with Crippen molar-refractivity contribution in [3.63, 3.8) is 0 Å². The van der Waals surface area contributed by atoms with E-state index in [1.165, 1.54) is 7.11 Å². The number of carboxylic acids is 1. The minimum Gasteiger partial charge on any atom is -0.478 e. The number of aliphatic carboxylic acids is 1. The second-order valence-electron chi connectivity index (χ2n) is 9.90. The van der Waals surface area contributed by atoms with Crippen LogP contribution in [-0.2, 0) is 33.3 Å². The average Bonchev–Trinajstić information content (AvgIpc) is 3.31. The number of esters is 1. The fourth-order valence-corrected chi connectivity index (χ4v) is 4.85. The molecule has 0 spiro atoms. The molecule has 3 rings (SSSR count). The van der Waals surface area contributed by atoms with Crippen LogP contribution >= 0.6 is 0 Å². The first kappa shape index (κ1) is 30.2. The van der Waals surface area contributed by atoms with Gasteiger partial charge in [-0.1, -0.05) is 19.1 Å². The summed E-state index contributed by atoms with van der Waals surface area (Å²) < 4.78 is 27.3. The van der Waals surface area contributed by atoms with Gasteiger partial charge in [-0.3, -0.25) is 0 Å². The molecule has 1 aliphatic carbocycles. The van der Waals surface area contributed by atoms with Crippen LogP contribution in [0.1, 0.15) is 39.5 Å². The largest absolute Gasteiger partial charge is 0.478 e. The van der Waals surface area contributed by atoms with Crippen LogP contribution in [-0.4, -0.2) is 95.0 Å². The smallest absolute Gasteiger partial charge is 0.335 e. The Morgan fingerprint density at radius 2 is 1.84 bits per heavy atom. The van der Waals surface area contributed by atoms with E-state index < -0.39 is 61.0 Å². The lowest BCUT2D eigenvalue weighted by Crippen LogP contribution is -2.59. The van der Waals surface area contributed by atoms with Gasteiger partial charge in [0, 0.05) is 25.2 Å². The van der Waals surface area contributed by atoms with E-state index in [1.54, 1.807) is 19.1 Å². The number of fused-ring (bicyclic) bond motifs is 1. The average molecular weight is 543 g/mol. The molecule has 1 fully saturated rings. The number of hydrogen-bond acceptors (Lipinski definition) is 11. The van der Waals surface area contributed by atoms with E-state index >= 15 is 0 Å².